The molecule has 0 saturated carbocycles. The first-order valence-corrected chi connectivity index (χ1v) is 9.84. The maximum Gasteiger partial charge on any atom is 0.227 e. The summed E-state index contributed by atoms with van der Waals surface area (Å²) in [5.41, 5.74) is 0.514. The first-order valence-electron chi connectivity index (χ1n) is 9.84. The number of carbonyl (C=O) groups excluding carboxylic acids is 1. The van der Waals surface area contributed by atoms with E-state index >= 15 is 0 Å². The lowest BCUT2D eigenvalue weighted by Crippen LogP contribution is -2.56. The van der Waals surface area contributed by atoms with Crippen molar-refractivity contribution >= 4 is 5.91 Å². The van der Waals surface area contributed by atoms with Crippen LogP contribution in [0.25, 0.3) is 0 Å². The van der Waals surface area contributed by atoms with E-state index in [1.807, 2.05) is 43.3 Å². The number of amides is 1. The van der Waals surface area contributed by atoms with Gasteiger partial charge in [0.1, 0.15) is 11.3 Å². The van der Waals surface area contributed by atoms with E-state index in [4.69, 9.17) is 9.47 Å². The number of rotatable bonds is 8. The van der Waals surface area contributed by atoms with Crippen molar-refractivity contribution < 1.29 is 14.3 Å². The van der Waals surface area contributed by atoms with Crippen molar-refractivity contribution in [1.29, 1.82) is 0 Å². The van der Waals surface area contributed by atoms with Crippen LogP contribution in [0.3, 0.4) is 0 Å². The van der Waals surface area contributed by atoms with E-state index in [0.29, 0.717) is 26.1 Å². The molecule has 9 heteroatoms. The Kier molecular flexibility index (Phi) is 6.81. The van der Waals surface area contributed by atoms with E-state index < -0.39 is 5.54 Å². The minimum Gasteiger partial charge on any atom is -0.497 e. The second-order valence-corrected chi connectivity index (χ2v) is 7.59. The van der Waals surface area contributed by atoms with Crippen molar-refractivity contribution in [3.63, 3.8) is 0 Å². The highest BCUT2D eigenvalue weighted by Crippen LogP contribution is 2.35. The lowest BCUT2D eigenvalue weighted by molar-refractivity contribution is -0.134. The average molecular weight is 402 g/mol. The Morgan fingerprint density at radius 2 is 2.14 bits per heavy atom. The highest BCUT2D eigenvalue weighted by atomic mass is 16.5. The normalized spacial score (nSPS) is 19.6. The van der Waals surface area contributed by atoms with E-state index in [-0.39, 0.29) is 5.91 Å². The molecule has 9 nitrogen and oxygen atoms in total. The zero-order valence-electron chi connectivity index (χ0n) is 17.7. The summed E-state index contributed by atoms with van der Waals surface area (Å²) in [4.78, 5) is 17.2. The third kappa shape index (κ3) is 4.56. The van der Waals surface area contributed by atoms with Crippen LogP contribution in [0.5, 0.6) is 5.75 Å². The van der Waals surface area contributed by atoms with Crippen molar-refractivity contribution in [2.24, 2.45) is 0 Å². The van der Waals surface area contributed by atoms with E-state index in [1.165, 1.54) is 0 Å². The van der Waals surface area contributed by atoms with Gasteiger partial charge in [-0.3, -0.25) is 9.69 Å². The van der Waals surface area contributed by atoms with Gasteiger partial charge in [0.25, 0.3) is 0 Å². The summed E-state index contributed by atoms with van der Waals surface area (Å²) >= 11 is 0. The summed E-state index contributed by atoms with van der Waals surface area (Å²) in [7, 11) is 7.33. The molecule has 0 bridgehead atoms. The predicted molar refractivity (Wildman–Crippen MR) is 108 cm³/mol. The number of methoxy groups -OCH3 is 2. The van der Waals surface area contributed by atoms with Gasteiger partial charge in [-0.15, -0.1) is 5.10 Å². The van der Waals surface area contributed by atoms with Crippen LogP contribution in [0.4, 0.5) is 0 Å². The number of nitrogens with zero attached hydrogens (tertiary/aromatic N) is 6. The third-order valence-electron chi connectivity index (χ3n) is 5.62. The van der Waals surface area contributed by atoms with Gasteiger partial charge in [0.05, 0.1) is 26.7 Å². The number of benzene rings is 1. The molecule has 2 aromatic rings. The monoisotopic (exact) mass is 402 g/mol. The van der Waals surface area contributed by atoms with Gasteiger partial charge in [0, 0.05) is 20.2 Å². The van der Waals surface area contributed by atoms with Crippen molar-refractivity contribution in [2.45, 2.75) is 31.3 Å². The lowest BCUT2D eigenvalue weighted by atomic mass is 9.86. The molecule has 0 aliphatic carbocycles. The Morgan fingerprint density at radius 1 is 1.31 bits per heavy atom. The van der Waals surface area contributed by atoms with Crippen LogP contribution < -0.4 is 4.74 Å². The van der Waals surface area contributed by atoms with Crippen LogP contribution in [0, 0.1) is 0 Å². The zero-order chi connectivity index (χ0) is 20.9. The summed E-state index contributed by atoms with van der Waals surface area (Å²) in [6.07, 6.45) is 2.12. The van der Waals surface area contributed by atoms with E-state index in [1.54, 1.807) is 18.9 Å². The molecule has 1 aliphatic heterocycles. The second kappa shape index (κ2) is 9.32. The maximum absolute atomic E-state index is 13.1. The average Bonchev–Trinajstić information content (AvgIpc) is 3.21. The molecule has 1 atom stereocenters. The Morgan fingerprint density at radius 3 is 2.86 bits per heavy atom. The van der Waals surface area contributed by atoms with E-state index in [2.05, 4.69) is 20.4 Å². The van der Waals surface area contributed by atoms with Gasteiger partial charge >= 0.3 is 0 Å². The van der Waals surface area contributed by atoms with Crippen LogP contribution in [-0.4, -0.2) is 83.9 Å². The van der Waals surface area contributed by atoms with Crippen LogP contribution >= 0.6 is 0 Å². The summed E-state index contributed by atoms with van der Waals surface area (Å²) in [5.74, 6) is 1.63. The van der Waals surface area contributed by atoms with Gasteiger partial charge in [0.15, 0.2) is 5.82 Å². The molecular weight excluding hydrogens is 372 g/mol. The molecular formula is C20H30N6O3. The molecule has 3 rings (SSSR count). The zero-order valence-corrected chi connectivity index (χ0v) is 17.7. The van der Waals surface area contributed by atoms with Crippen LogP contribution in [0.2, 0.25) is 0 Å². The van der Waals surface area contributed by atoms with Gasteiger partial charge in [-0.2, -0.15) is 0 Å². The Labute approximate surface area is 171 Å². The Bertz CT molecular complexity index is 824. The van der Waals surface area contributed by atoms with Crippen LogP contribution in [0.15, 0.2) is 24.3 Å². The van der Waals surface area contributed by atoms with Gasteiger partial charge in [-0.05, 0) is 55.1 Å². The van der Waals surface area contributed by atoms with Crippen molar-refractivity contribution in [3.05, 3.63) is 35.7 Å². The molecule has 1 saturated heterocycles. The van der Waals surface area contributed by atoms with Gasteiger partial charge in [-0.25, -0.2) is 4.68 Å². The number of tetrazole rings is 1. The fourth-order valence-corrected chi connectivity index (χ4v) is 3.93. The molecule has 0 N–H and O–H groups in total. The fraction of sp³-hybridized carbons (Fsp3) is 0.600. The number of hydrogen-bond donors (Lipinski definition) is 0. The second-order valence-electron chi connectivity index (χ2n) is 7.59. The molecule has 158 valence electrons. The summed E-state index contributed by atoms with van der Waals surface area (Å²) in [6, 6.07) is 7.65. The first kappa shape index (κ1) is 21.2. The summed E-state index contributed by atoms with van der Waals surface area (Å²) < 4.78 is 12.3. The minimum absolute atomic E-state index is 0.0973. The number of ether oxygens (including phenoxy) is 2. The molecule has 2 heterocycles. The smallest absolute Gasteiger partial charge is 0.227 e. The molecule has 1 fully saturated rings. The molecule has 1 amide bonds. The number of hydrogen-bond acceptors (Lipinski definition) is 7. The summed E-state index contributed by atoms with van der Waals surface area (Å²) in [6.45, 7) is 2.39. The van der Waals surface area contributed by atoms with Gasteiger partial charge < -0.3 is 14.4 Å². The number of carbonyl (C=O) groups is 1. The molecule has 1 aliphatic rings. The van der Waals surface area contributed by atoms with E-state index in [0.717, 1.165) is 36.5 Å². The predicted octanol–water partition coefficient (Wildman–Crippen LogP) is 0.950. The van der Waals surface area contributed by atoms with Crippen molar-refractivity contribution in [2.75, 3.05) is 48.0 Å². The molecule has 1 aromatic heterocycles. The number of piperidine rings is 1. The molecule has 0 spiro atoms. The molecule has 1 aromatic carbocycles. The fourth-order valence-electron chi connectivity index (χ4n) is 3.93. The maximum atomic E-state index is 13.1. The van der Waals surface area contributed by atoms with Crippen molar-refractivity contribution in [1.82, 2.24) is 30.0 Å². The third-order valence-corrected chi connectivity index (χ3v) is 5.62. The Hall–Kier alpha value is -2.52. The Balaban J connectivity index is 1.80. The first-order chi connectivity index (χ1) is 14.0. The highest BCUT2D eigenvalue weighted by Gasteiger charge is 2.44. The standard InChI is InChI=1S/C20H30N6O3/c1-24(2)20(19-21-22-23-26(19)11-12-28-3)9-6-10-25(15-20)18(27)14-16-7-5-8-17(13-16)29-4/h5,7-8,13H,6,9-12,14-15H2,1-4H3. The molecule has 29 heavy (non-hydrogen) atoms. The van der Waals surface area contributed by atoms with Crippen LogP contribution in [-0.2, 0) is 28.0 Å². The van der Waals surface area contributed by atoms with Crippen molar-refractivity contribution in [3.8, 4) is 5.75 Å². The topological polar surface area (TPSA) is 85.6 Å². The highest BCUT2D eigenvalue weighted by molar-refractivity contribution is 5.79. The van der Waals surface area contributed by atoms with Crippen LogP contribution in [0.1, 0.15) is 24.2 Å². The minimum atomic E-state index is -0.431. The van der Waals surface area contributed by atoms with E-state index in [9.17, 15) is 4.79 Å². The number of aromatic nitrogens is 4. The molecule has 1 unspecified atom stereocenters. The number of likely N-dealkylation sites (N-methyl/N-ethyl adjacent to an activating group) is 1. The SMILES string of the molecule is COCCn1nnnc1C1(N(C)C)CCCN(C(=O)Cc2cccc(OC)c2)C1. The largest absolute Gasteiger partial charge is 0.497 e. The number of likely N-dealkylation sites (tertiary alicyclic amines) is 1. The quantitative estimate of drug-likeness (QED) is 0.650. The lowest BCUT2D eigenvalue weighted by Gasteiger charge is -2.45. The molecule has 0 radical (unpaired) electrons. The van der Waals surface area contributed by atoms with Gasteiger partial charge in [-0.1, -0.05) is 12.1 Å². The van der Waals surface area contributed by atoms with Gasteiger partial charge in [0.2, 0.25) is 5.91 Å². The summed E-state index contributed by atoms with van der Waals surface area (Å²) in [5, 5.41) is 12.4.